The zero-order valence-corrected chi connectivity index (χ0v) is 15.6. The van der Waals surface area contributed by atoms with E-state index in [0.717, 1.165) is 25.7 Å². The van der Waals surface area contributed by atoms with Crippen LogP contribution >= 0.6 is 0 Å². The minimum atomic E-state index is -3.06. The van der Waals surface area contributed by atoms with Gasteiger partial charge in [0.15, 0.2) is 9.84 Å². The first-order chi connectivity index (χ1) is 11.8. The Morgan fingerprint density at radius 3 is 2.64 bits per heavy atom. The molecule has 1 aromatic rings. The van der Waals surface area contributed by atoms with Crippen LogP contribution in [-0.4, -0.2) is 39.5 Å². The van der Waals surface area contributed by atoms with Crippen molar-refractivity contribution in [3.63, 3.8) is 0 Å². The van der Waals surface area contributed by atoms with Gasteiger partial charge in [0, 0.05) is 24.4 Å². The molecule has 1 aromatic carbocycles. The van der Waals surface area contributed by atoms with Gasteiger partial charge in [0.05, 0.1) is 5.75 Å². The number of nitrogens with one attached hydrogen (secondary N) is 1. The van der Waals surface area contributed by atoms with Crippen LogP contribution in [0.4, 0.5) is 5.69 Å². The zero-order valence-electron chi connectivity index (χ0n) is 14.8. The second-order valence-corrected chi connectivity index (χ2v) is 9.26. The topological polar surface area (TPSA) is 98.5 Å². The number of carbonyl (C=O) groups excluding carboxylic acids is 1. The molecule has 3 N–H and O–H groups in total. The molecule has 7 heteroatoms. The van der Waals surface area contributed by atoms with Gasteiger partial charge in [-0.1, -0.05) is 25.3 Å². The average molecular weight is 368 g/mol. The lowest BCUT2D eigenvalue weighted by atomic mass is 9.71. The van der Waals surface area contributed by atoms with Crippen molar-refractivity contribution in [2.75, 3.05) is 30.5 Å². The number of hydrogen-bond acceptors (Lipinski definition) is 5. The highest BCUT2D eigenvalue weighted by Gasteiger charge is 2.32. The van der Waals surface area contributed by atoms with Crippen LogP contribution in [0.25, 0.3) is 0 Å². The highest BCUT2D eigenvalue weighted by molar-refractivity contribution is 7.90. The Bertz CT molecular complexity index is 682. The summed E-state index contributed by atoms with van der Waals surface area (Å²) in [5, 5.41) is 2.90. The third-order valence-corrected chi connectivity index (χ3v) is 5.63. The Balaban J connectivity index is 1.91. The Hall–Kier alpha value is -1.60. The molecule has 0 aliphatic heterocycles. The van der Waals surface area contributed by atoms with Crippen molar-refractivity contribution in [1.82, 2.24) is 0 Å². The molecule has 0 atom stereocenters. The number of anilines is 1. The number of rotatable bonds is 8. The van der Waals surface area contributed by atoms with E-state index in [1.807, 2.05) is 0 Å². The Labute approximate surface area is 150 Å². The number of sulfone groups is 1. The lowest BCUT2D eigenvalue weighted by Gasteiger charge is -2.35. The summed E-state index contributed by atoms with van der Waals surface area (Å²) in [6.45, 7) is 0.627. The lowest BCUT2D eigenvalue weighted by molar-refractivity contribution is -0.118. The third kappa shape index (κ3) is 6.66. The highest BCUT2D eigenvalue weighted by atomic mass is 32.2. The number of nitrogens with two attached hydrogens (primary N) is 1. The molecule has 1 fully saturated rings. The van der Waals surface area contributed by atoms with Gasteiger partial charge in [-0.3, -0.25) is 4.79 Å². The molecule has 0 unspecified atom stereocenters. The van der Waals surface area contributed by atoms with Crippen LogP contribution in [0.2, 0.25) is 0 Å². The third-order valence-electron chi connectivity index (χ3n) is 4.72. The van der Waals surface area contributed by atoms with Gasteiger partial charge in [-0.25, -0.2) is 8.42 Å². The van der Waals surface area contributed by atoms with E-state index in [-0.39, 0.29) is 23.7 Å². The maximum absolute atomic E-state index is 12.4. The van der Waals surface area contributed by atoms with Crippen molar-refractivity contribution in [2.45, 2.75) is 38.5 Å². The first-order valence-corrected chi connectivity index (χ1v) is 10.8. The van der Waals surface area contributed by atoms with Crippen molar-refractivity contribution < 1.29 is 17.9 Å². The maximum Gasteiger partial charge on any atom is 0.224 e. The Kier molecular flexibility index (Phi) is 6.84. The Morgan fingerprint density at radius 1 is 1.28 bits per heavy atom. The SMILES string of the molecule is CS(=O)(=O)CCOc1cccc(NC(=O)CC2(CN)CCCCC2)c1. The van der Waals surface area contributed by atoms with E-state index >= 15 is 0 Å². The minimum absolute atomic E-state index is 0.0391. The first-order valence-electron chi connectivity index (χ1n) is 8.72. The standard InChI is InChI=1S/C18H28N2O4S/c1-25(22,23)11-10-24-16-7-5-6-15(12-16)20-17(21)13-18(14-19)8-3-2-4-9-18/h5-7,12H,2-4,8-11,13-14,19H2,1H3,(H,20,21). The Morgan fingerprint density at radius 2 is 2.00 bits per heavy atom. The first kappa shape index (κ1) is 19.7. The summed E-state index contributed by atoms with van der Waals surface area (Å²) >= 11 is 0. The molecule has 0 radical (unpaired) electrons. The average Bonchev–Trinajstić information content (AvgIpc) is 2.54. The summed E-state index contributed by atoms with van der Waals surface area (Å²) in [7, 11) is -3.06. The van der Waals surface area contributed by atoms with Gasteiger partial charge in [0.1, 0.15) is 12.4 Å². The van der Waals surface area contributed by atoms with Gasteiger partial charge >= 0.3 is 0 Å². The molecule has 6 nitrogen and oxygen atoms in total. The largest absolute Gasteiger partial charge is 0.492 e. The van der Waals surface area contributed by atoms with E-state index in [1.54, 1.807) is 24.3 Å². The number of hydrogen-bond donors (Lipinski definition) is 2. The molecular formula is C18H28N2O4S. The summed E-state index contributed by atoms with van der Waals surface area (Å²) < 4.78 is 27.7. The molecule has 0 spiro atoms. The fraction of sp³-hybridized carbons (Fsp3) is 0.611. The molecule has 1 aliphatic carbocycles. The fourth-order valence-electron chi connectivity index (χ4n) is 3.28. The van der Waals surface area contributed by atoms with Crippen LogP contribution in [0, 0.1) is 5.41 Å². The molecule has 1 aliphatic rings. The monoisotopic (exact) mass is 368 g/mol. The number of ether oxygens (including phenoxy) is 1. The highest BCUT2D eigenvalue weighted by Crippen LogP contribution is 2.38. The normalized spacial score (nSPS) is 17.0. The number of benzene rings is 1. The van der Waals surface area contributed by atoms with E-state index in [4.69, 9.17) is 10.5 Å². The van der Waals surface area contributed by atoms with Crippen LogP contribution < -0.4 is 15.8 Å². The van der Waals surface area contributed by atoms with E-state index in [2.05, 4.69) is 5.32 Å². The van der Waals surface area contributed by atoms with Gasteiger partial charge in [-0.05, 0) is 36.9 Å². The molecule has 0 bridgehead atoms. The molecular weight excluding hydrogens is 340 g/mol. The molecule has 1 saturated carbocycles. The molecule has 0 saturated heterocycles. The van der Waals surface area contributed by atoms with Gasteiger partial charge < -0.3 is 15.8 Å². The predicted octanol–water partition coefficient (Wildman–Crippen LogP) is 2.35. The van der Waals surface area contributed by atoms with Crippen molar-refractivity contribution in [2.24, 2.45) is 11.1 Å². The molecule has 25 heavy (non-hydrogen) atoms. The van der Waals surface area contributed by atoms with Gasteiger partial charge in [-0.2, -0.15) is 0 Å². The summed E-state index contributed by atoms with van der Waals surface area (Å²) in [6, 6.07) is 7.00. The van der Waals surface area contributed by atoms with Crippen molar-refractivity contribution in [3.05, 3.63) is 24.3 Å². The van der Waals surface area contributed by atoms with Gasteiger partial charge in [-0.15, -0.1) is 0 Å². The maximum atomic E-state index is 12.4. The van der Waals surface area contributed by atoms with E-state index in [9.17, 15) is 13.2 Å². The van der Waals surface area contributed by atoms with Crippen molar-refractivity contribution in [3.8, 4) is 5.75 Å². The summed E-state index contributed by atoms with van der Waals surface area (Å²) in [6.07, 6.45) is 7.10. The van der Waals surface area contributed by atoms with Crippen LogP contribution in [0.1, 0.15) is 38.5 Å². The fourth-order valence-corrected chi connectivity index (χ4v) is 3.66. The summed E-state index contributed by atoms with van der Waals surface area (Å²) in [4.78, 5) is 12.4. The molecule has 2 rings (SSSR count). The van der Waals surface area contributed by atoms with E-state index in [1.165, 1.54) is 12.7 Å². The van der Waals surface area contributed by atoms with Gasteiger partial charge in [0.25, 0.3) is 0 Å². The van der Waals surface area contributed by atoms with Crippen LogP contribution in [0.15, 0.2) is 24.3 Å². The van der Waals surface area contributed by atoms with E-state index < -0.39 is 9.84 Å². The van der Waals surface area contributed by atoms with Crippen molar-refractivity contribution in [1.29, 1.82) is 0 Å². The molecule has 0 heterocycles. The molecule has 140 valence electrons. The van der Waals surface area contributed by atoms with Crippen LogP contribution in [0.5, 0.6) is 5.75 Å². The van der Waals surface area contributed by atoms with Gasteiger partial charge in [0.2, 0.25) is 5.91 Å². The molecule has 1 amide bonds. The number of carbonyl (C=O) groups is 1. The van der Waals surface area contributed by atoms with Crippen molar-refractivity contribution >= 4 is 21.4 Å². The van der Waals surface area contributed by atoms with E-state index in [0.29, 0.717) is 24.4 Å². The lowest BCUT2D eigenvalue weighted by Crippen LogP contribution is -2.36. The number of amides is 1. The van der Waals surface area contributed by atoms with Crippen LogP contribution in [-0.2, 0) is 14.6 Å². The predicted molar refractivity (Wildman–Crippen MR) is 99.5 cm³/mol. The second kappa shape index (κ2) is 8.67. The second-order valence-electron chi connectivity index (χ2n) is 7.00. The zero-order chi connectivity index (χ0) is 18.3. The smallest absolute Gasteiger partial charge is 0.224 e. The minimum Gasteiger partial charge on any atom is -0.492 e. The quantitative estimate of drug-likeness (QED) is 0.734. The van der Waals surface area contributed by atoms with Crippen LogP contribution in [0.3, 0.4) is 0 Å². The molecule has 0 aromatic heterocycles. The summed E-state index contributed by atoms with van der Waals surface area (Å²) in [5.74, 6) is 0.455. The summed E-state index contributed by atoms with van der Waals surface area (Å²) in [5.41, 5.74) is 6.51.